The molecule has 0 radical (unpaired) electrons. The number of carbonyl (C=O) groups is 2. The van der Waals surface area contributed by atoms with Crippen molar-refractivity contribution in [2.45, 2.75) is 25.8 Å². The first-order valence-electron chi connectivity index (χ1n) is 6.53. The van der Waals surface area contributed by atoms with Gasteiger partial charge in [0, 0.05) is 24.6 Å². The van der Waals surface area contributed by atoms with Crippen molar-refractivity contribution in [1.82, 2.24) is 4.90 Å². The van der Waals surface area contributed by atoms with E-state index >= 15 is 0 Å². The Morgan fingerprint density at radius 1 is 1.29 bits per heavy atom. The first-order valence-corrected chi connectivity index (χ1v) is 6.53. The first-order chi connectivity index (χ1) is 9.86. The number of benzene rings is 1. The van der Waals surface area contributed by atoms with E-state index in [9.17, 15) is 27.9 Å². The molecule has 7 heteroatoms. The fourth-order valence-corrected chi connectivity index (χ4v) is 2.73. The van der Waals surface area contributed by atoms with E-state index in [1.807, 2.05) is 0 Å². The fourth-order valence-electron chi connectivity index (χ4n) is 2.73. The highest BCUT2D eigenvalue weighted by molar-refractivity contribution is 5.81. The number of carboxylic acid groups (broad SMARTS) is 1. The van der Waals surface area contributed by atoms with Crippen LogP contribution in [0.2, 0.25) is 0 Å². The van der Waals surface area contributed by atoms with Gasteiger partial charge in [-0.3, -0.25) is 9.59 Å². The van der Waals surface area contributed by atoms with Gasteiger partial charge in [-0.2, -0.15) is 0 Å². The van der Waals surface area contributed by atoms with Crippen LogP contribution in [0.5, 0.6) is 0 Å². The molecule has 1 fully saturated rings. The minimum absolute atomic E-state index is 0.0343. The third-order valence-electron chi connectivity index (χ3n) is 3.72. The molecule has 0 saturated carbocycles. The lowest BCUT2D eigenvalue weighted by Crippen LogP contribution is -2.45. The molecule has 0 bridgehead atoms. The molecular weight excluding hydrogens is 287 g/mol. The highest BCUT2D eigenvalue weighted by Crippen LogP contribution is 2.38. The van der Waals surface area contributed by atoms with Crippen molar-refractivity contribution in [3.63, 3.8) is 0 Å². The molecule has 1 aromatic carbocycles. The van der Waals surface area contributed by atoms with Crippen LogP contribution in [0, 0.1) is 23.4 Å². The summed E-state index contributed by atoms with van der Waals surface area (Å²) in [5, 5.41) is 9.26. The lowest BCUT2D eigenvalue weighted by molar-refractivity contribution is -0.152. The number of carbonyl (C=O) groups excluding carboxylic acids is 1. The zero-order valence-electron chi connectivity index (χ0n) is 11.3. The largest absolute Gasteiger partial charge is 0.481 e. The van der Waals surface area contributed by atoms with Crippen molar-refractivity contribution in [2.75, 3.05) is 6.54 Å². The number of likely N-dealkylation sites (tertiary alicyclic amines) is 1. The fraction of sp³-hybridized carbons (Fsp3) is 0.429. The Kier molecular flexibility index (Phi) is 4.20. The molecule has 1 aromatic rings. The van der Waals surface area contributed by atoms with Crippen molar-refractivity contribution in [3.05, 3.63) is 35.1 Å². The molecule has 1 amide bonds. The monoisotopic (exact) mass is 301 g/mol. The number of piperidine rings is 1. The van der Waals surface area contributed by atoms with Gasteiger partial charge in [0.05, 0.1) is 12.0 Å². The molecule has 1 aliphatic rings. The second-order valence-electron chi connectivity index (χ2n) is 4.90. The van der Waals surface area contributed by atoms with Gasteiger partial charge in [-0.15, -0.1) is 0 Å². The molecule has 2 atom stereocenters. The van der Waals surface area contributed by atoms with Crippen molar-refractivity contribution in [1.29, 1.82) is 0 Å². The number of halogens is 3. The Morgan fingerprint density at radius 3 is 2.48 bits per heavy atom. The Labute approximate surface area is 119 Å². The van der Waals surface area contributed by atoms with Crippen molar-refractivity contribution >= 4 is 11.9 Å². The maximum atomic E-state index is 14.0. The van der Waals surface area contributed by atoms with E-state index < -0.39 is 35.4 Å². The average molecular weight is 301 g/mol. The van der Waals surface area contributed by atoms with Gasteiger partial charge in [-0.25, -0.2) is 13.2 Å². The van der Waals surface area contributed by atoms with Crippen LogP contribution in [-0.4, -0.2) is 28.4 Å². The lowest BCUT2D eigenvalue weighted by Gasteiger charge is -2.39. The Morgan fingerprint density at radius 2 is 1.90 bits per heavy atom. The molecular formula is C14H14F3NO3. The minimum Gasteiger partial charge on any atom is -0.481 e. The molecule has 0 aromatic heterocycles. The van der Waals surface area contributed by atoms with Crippen molar-refractivity contribution < 1.29 is 27.9 Å². The van der Waals surface area contributed by atoms with E-state index in [0.29, 0.717) is 12.1 Å². The van der Waals surface area contributed by atoms with Crippen LogP contribution in [-0.2, 0) is 9.59 Å². The average Bonchev–Trinajstić information content (AvgIpc) is 2.42. The molecule has 2 rings (SSSR count). The van der Waals surface area contributed by atoms with Gasteiger partial charge in [0.1, 0.15) is 5.82 Å². The summed E-state index contributed by atoms with van der Waals surface area (Å²) >= 11 is 0. The summed E-state index contributed by atoms with van der Waals surface area (Å²) in [5.41, 5.74) is -0.309. The van der Waals surface area contributed by atoms with Crippen LogP contribution < -0.4 is 0 Å². The van der Waals surface area contributed by atoms with Gasteiger partial charge in [0.25, 0.3) is 0 Å². The van der Waals surface area contributed by atoms with Crippen molar-refractivity contribution in [3.8, 4) is 0 Å². The zero-order valence-corrected chi connectivity index (χ0v) is 11.3. The maximum Gasteiger partial charge on any atom is 0.308 e. The highest BCUT2D eigenvalue weighted by atomic mass is 19.2. The quantitative estimate of drug-likeness (QED) is 0.873. The summed E-state index contributed by atoms with van der Waals surface area (Å²) in [6.45, 7) is 1.78. The number of nitrogens with zero attached hydrogens (tertiary/aromatic N) is 1. The molecule has 0 aliphatic carbocycles. The van der Waals surface area contributed by atoms with Crippen LogP contribution >= 0.6 is 0 Å². The normalized spacial score (nSPS) is 22.5. The molecule has 21 heavy (non-hydrogen) atoms. The van der Waals surface area contributed by atoms with E-state index in [4.69, 9.17) is 0 Å². The van der Waals surface area contributed by atoms with Gasteiger partial charge in [-0.05, 0) is 19.4 Å². The van der Waals surface area contributed by atoms with E-state index in [1.54, 1.807) is 6.92 Å². The van der Waals surface area contributed by atoms with Gasteiger partial charge >= 0.3 is 5.97 Å². The number of aliphatic carboxylic acids is 1. The Bertz CT molecular complexity index is 589. The molecule has 114 valence electrons. The number of hydrogen-bond acceptors (Lipinski definition) is 2. The zero-order chi connectivity index (χ0) is 15.7. The number of amides is 1. The molecule has 4 nitrogen and oxygen atoms in total. The van der Waals surface area contributed by atoms with Gasteiger partial charge in [-0.1, -0.05) is 0 Å². The lowest BCUT2D eigenvalue weighted by atomic mass is 9.84. The van der Waals surface area contributed by atoms with Gasteiger partial charge in [0.15, 0.2) is 11.6 Å². The summed E-state index contributed by atoms with van der Waals surface area (Å²) in [6, 6.07) is -0.132. The van der Waals surface area contributed by atoms with Crippen LogP contribution in [0.25, 0.3) is 0 Å². The van der Waals surface area contributed by atoms with E-state index in [-0.39, 0.29) is 30.9 Å². The SMILES string of the molecule is CCN1C(=O)CCC(C(=O)O)C1c1cc(F)c(F)cc1F. The maximum absolute atomic E-state index is 14.0. The molecule has 1 saturated heterocycles. The van der Waals surface area contributed by atoms with Crippen LogP contribution in [0.1, 0.15) is 31.4 Å². The summed E-state index contributed by atoms with van der Waals surface area (Å²) in [4.78, 5) is 24.4. The van der Waals surface area contributed by atoms with Gasteiger partial charge in [0.2, 0.25) is 5.91 Å². The molecule has 0 spiro atoms. The van der Waals surface area contributed by atoms with Crippen LogP contribution in [0.4, 0.5) is 13.2 Å². The predicted octanol–water partition coefficient (Wildman–Crippen LogP) is 2.49. The van der Waals surface area contributed by atoms with E-state index in [0.717, 1.165) is 0 Å². The molecule has 2 unspecified atom stereocenters. The van der Waals surface area contributed by atoms with E-state index in [1.165, 1.54) is 4.90 Å². The standard InChI is InChI=1S/C14H14F3NO3/c1-2-18-12(19)4-3-7(14(20)21)13(18)8-5-10(16)11(17)6-9(8)15/h5-7,13H,2-4H2,1H3,(H,20,21). The van der Waals surface area contributed by atoms with Crippen molar-refractivity contribution in [2.24, 2.45) is 5.92 Å². The number of hydrogen-bond donors (Lipinski definition) is 1. The molecule has 1 N–H and O–H groups in total. The van der Waals surface area contributed by atoms with Gasteiger partial charge < -0.3 is 10.0 Å². The second kappa shape index (κ2) is 5.75. The predicted molar refractivity (Wildman–Crippen MR) is 66.8 cm³/mol. The second-order valence-corrected chi connectivity index (χ2v) is 4.90. The highest BCUT2D eigenvalue weighted by Gasteiger charge is 2.41. The van der Waals surface area contributed by atoms with E-state index in [2.05, 4.69) is 0 Å². The Balaban J connectivity index is 2.55. The summed E-state index contributed by atoms with van der Waals surface area (Å²) in [6.07, 6.45) is 0.0698. The Hall–Kier alpha value is -2.05. The summed E-state index contributed by atoms with van der Waals surface area (Å²) in [7, 11) is 0. The first kappa shape index (κ1) is 15.3. The number of carboxylic acids is 1. The summed E-state index contributed by atoms with van der Waals surface area (Å²) in [5.74, 6) is -6.27. The third-order valence-corrected chi connectivity index (χ3v) is 3.72. The summed E-state index contributed by atoms with van der Waals surface area (Å²) < 4.78 is 40.4. The topological polar surface area (TPSA) is 57.6 Å². The molecule has 1 aliphatic heterocycles. The minimum atomic E-state index is -1.35. The third kappa shape index (κ3) is 2.72. The number of rotatable bonds is 3. The smallest absolute Gasteiger partial charge is 0.308 e. The van der Waals surface area contributed by atoms with Crippen LogP contribution in [0.15, 0.2) is 12.1 Å². The van der Waals surface area contributed by atoms with Crippen LogP contribution in [0.3, 0.4) is 0 Å². The molecule has 1 heterocycles.